The Morgan fingerprint density at radius 1 is 0.821 bits per heavy atom. The number of nitrogens with one attached hydrogen (secondary N) is 2. The molecule has 0 saturated heterocycles. The number of anilines is 2. The van der Waals surface area contributed by atoms with Crippen LogP contribution < -0.4 is 15.4 Å². The summed E-state index contributed by atoms with van der Waals surface area (Å²) in [5.74, 6) is 0.0768. The maximum absolute atomic E-state index is 12.9. The summed E-state index contributed by atoms with van der Waals surface area (Å²) in [5, 5.41) is 5.75. The van der Waals surface area contributed by atoms with E-state index in [0.29, 0.717) is 11.4 Å². The Morgan fingerprint density at radius 2 is 1.32 bits per heavy atom. The van der Waals surface area contributed by atoms with Gasteiger partial charge in [0.15, 0.2) is 0 Å². The van der Waals surface area contributed by atoms with Gasteiger partial charge in [-0.1, -0.05) is 44.2 Å². The van der Waals surface area contributed by atoms with Crippen molar-refractivity contribution < 1.29 is 14.3 Å². The maximum atomic E-state index is 12.9. The number of rotatable bonds is 7. The molecule has 2 N–H and O–H groups in total. The third-order valence-corrected chi connectivity index (χ3v) is 4.46. The molecule has 0 atom stereocenters. The lowest BCUT2D eigenvalue weighted by Crippen LogP contribution is -2.41. The van der Waals surface area contributed by atoms with Gasteiger partial charge in [0.25, 0.3) is 0 Å². The zero-order valence-corrected chi connectivity index (χ0v) is 17.5. The number of hydrogen-bond acceptors (Lipinski definition) is 3. The highest BCUT2D eigenvalue weighted by Crippen LogP contribution is 2.29. The molecule has 5 nitrogen and oxygen atoms in total. The van der Waals surface area contributed by atoms with Crippen molar-refractivity contribution >= 4 is 23.2 Å². The minimum atomic E-state index is -1.27. The maximum Gasteiger partial charge on any atom is 0.239 e. The van der Waals surface area contributed by atoms with E-state index in [-0.39, 0.29) is 17.9 Å². The zero-order valence-electron chi connectivity index (χ0n) is 17.5. The lowest BCUT2D eigenvalue weighted by Gasteiger charge is -2.25. The molecule has 0 aliphatic rings. The Kier molecular flexibility index (Phi) is 6.84. The summed E-state index contributed by atoms with van der Waals surface area (Å²) in [4.78, 5) is 25.8. The molecule has 2 aromatic carbocycles. The molecule has 0 saturated carbocycles. The van der Waals surface area contributed by atoms with E-state index in [9.17, 15) is 9.59 Å². The second-order valence-electron chi connectivity index (χ2n) is 7.94. The van der Waals surface area contributed by atoms with Gasteiger partial charge >= 0.3 is 0 Å². The highest BCUT2D eigenvalue weighted by atomic mass is 16.5. The van der Waals surface area contributed by atoms with Crippen molar-refractivity contribution in [2.24, 2.45) is 5.41 Å². The average molecular weight is 383 g/mol. The lowest BCUT2D eigenvalue weighted by molar-refractivity contribution is -0.135. The third kappa shape index (κ3) is 5.12. The number of amides is 2. The molecular formula is C23H30N2O3. The highest BCUT2D eigenvalue weighted by molar-refractivity contribution is 6.14. The molecule has 2 rings (SSSR count). The average Bonchev–Trinajstić information content (AvgIpc) is 2.63. The van der Waals surface area contributed by atoms with Crippen molar-refractivity contribution in [2.45, 2.75) is 53.6 Å². The predicted octanol–water partition coefficient (Wildman–Crippen LogP) is 5.20. The van der Waals surface area contributed by atoms with Crippen molar-refractivity contribution in [1.29, 1.82) is 0 Å². The summed E-state index contributed by atoms with van der Waals surface area (Å²) >= 11 is 0. The minimum absolute atomic E-state index is 0.0260. The summed E-state index contributed by atoms with van der Waals surface area (Å²) in [7, 11) is 0. The van der Waals surface area contributed by atoms with Crippen LogP contribution in [0.5, 0.6) is 5.75 Å². The molecule has 0 aromatic heterocycles. The second kappa shape index (κ2) is 8.91. The number of para-hydroxylation sites is 3. The van der Waals surface area contributed by atoms with Crippen LogP contribution in [0.3, 0.4) is 0 Å². The van der Waals surface area contributed by atoms with Gasteiger partial charge < -0.3 is 15.4 Å². The van der Waals surface area contributed by atoms with Gasteiger partial charge in [0, 0.05) is 5.69 Å². The first-order chi connectivity index (χ1) is 13.1. The van der Waals surface area contributed by atoms with E-state index in [1.807, 2.05) is 50.2 Å². The molecule has 0 radical (unpaired) electrons. The van der Waals surface area contributed by atoms with E-state index in [1.165, 1.54) is 0 Å². The first kappa shape index (κ1) is 21.5. The molecule has 0 heterocycles. The van der Waals surface area contributed by atoms with Gasteiger partial charge in [0.2, 0.25) is 11.8 Å². The number of benzene rings is 2. The number of ether oxygens (including phenoxy) is 1. The third-order valence-electron chi connectivity index (χ3n) is 4.46. The van der Waals surface area contributed by atoms with Crippen LogP contribution in [0.1, 0.15) is 53.0 Å². The van der Waals surface area contributed by atoms with Gasteiger partial charge in [-0.2, -0.15) is 0 Å². The largest absolute Gasteiger partial charge is 0.489 e. The van der Waals surface area contributed by atoms with Crippen LogP contribution in [0.4, 0.5) is 11.4 Å². The van der Waals surface area contributed by atoms with Crippen molar-refractivity contribution in [3.8, 4) is 5.75 Å². The molecule has 2 aromatic rings. The lowest BCUT2D eigenvalue weighted by atomic mass is 9.90. The van der Waals surface area contributed by atoms with Gasteiger partial charge in [-0.25, -0.2) is 0 Å². The molecule has 0 bridgehead atoms. The molecule has 150 valence electrons. The number of hydrogen-bond donors (Lipinski definition) is 2. The summed E-state index contributed by atoms with van der Waals surface area (Å²) in [6, 6.07) is 14.9. The van der Waals surface area contributed by atoms with Gasteiger partial charge in [0.1, 0.15) is 11.2 Å². The van der Waals surface area contributed by atoms with E-state index < -0.39 is 11.3 Å². The quantitative estimate of drug-likeness (QED) is 0.647. The van der Waals surface area contributed by atoms with Crippen LogP contribution in [-0.4, -0.2) is 17.9 Å². The minimum Gasteiger partial charge on any atom is -0.489 e. The van der Waals surface area contributed by atoms with E-state index in [2.05, 4.69) is 24.5 Å². The number of carbonyl (C=O) groups excluding carboxylic acids is 2. The van der Waals surface area contributed by atoms with E-state index in [1.54, 1.807) is 26.0 Å². The van der Waals surface area contributed by atoms with Crippen molar-refractivity contribution in [2.75, 3.05) is 10.6 Å². The van der Waals surface area contributed by atoms with Crippen LogP contribution in [0.2, 0.25) is 0 Å². The summed E-state index contributed by atoms with van der Waals surface area (Å²) in [5.41, 5.74) is 1.04. The van der Waals surface area contributed by atoms with E-state index >= 15 is 0 Å². The molecule has 28 heavy (non-hydrogen) atoms. The van der Waals surface area contributed by atoms with Crippen LogP contribution >= 0.6 is 0 Å². The summed E-state index contributed by atoms with van der Waals surface area (Å²) in [6.07, 6.45) is -0.0260. The summed E-state index contributed by atoms with van der Waals surface area (Å²) in [6.45, 7) is 11.2. The smallest absolute Gasteiger partial charge is 0.239 e. The van der Waals surface area contributed by atoms with Gasteiger partial charge in [-0.3, -0.25) is 9.59 Å². The van der Waals surface area contributed by atoms with Gasteiger partial charge in [-0.15, -0.1) is 0 Å². The standard InChI is InChI=1S/C23H30N2O3/c1-15(2)17-11-7-8-12-18(17)24-21(26)23(5,6)22(27)25-19-13-9-10-14-20(19)28-16(3)4/h7-16H,1-6H3,(H,24,26)(H,25,27). The molecule has 0 unspecified atom stereocenters. The molecule has 0 aliphatic heterocycles. The molecule has 2 amide bonds. The van der Waals surface area contributed by atoms with Crippen LogP contribution in [0.25, 0.3) is 0 Å². The zero-order chi connectivity index (χ0) is 20.9. The van der Waals surface area contributed by atoms with Crippen molar-refractivity contribution in [3.63, 3.8) is 0 Å². The SMILES string of the molecule is CC(C)Oc1ccccc1NC(=O)C(C)(C)C(=O)Nc1ccccc1C(C)C. The van der Waals surface area contributed by atoms with Gasteiger partial charge in [0.05, 0.1) is 11.8 Å². The Bertz CT molecular complexity index is 841. The van der Waals surface area contributed by atoms with Crippen LogP contribution in [-0.2, 0) is 9.59 Å². The normalized spacial score (nSPS) is 11.4. The van der Waals surface area contributed by atoms with E-state index in [4.69, 9.17) is 4.74 Å². The Morgan fingerprint density at radius 3 is 1.89 bits per heavy atom. The Balaban J connectivity index is 2.18. The molecular weight excluding hydrogens is 352 g/mol. The highest BCUT2D eigenvalue weighted by Gasteiger charge is 2.37. The molecule has 0 aliphatic carbocycles. The first-order valence-electron chi connectivity index (χ1n) is 9.60. The van der Waals surface area contributed by atoms with Crippen molar-refractivity contribution in [3.05, 3.63) is 54.1 Å². The van der Waals surface area contributed by atoms with Crippen molar-refractivity contribution in [1.82, 2.24) is 0 Å². The monoisotopic (exact) mass is 382 g/mol. The first-order valence-corrected chi connectivity index (χ1v) is 9.60. The van der Waals surface area contributed by atoms with Crippen LogP contribution in [0, 0.1) is 5.41 Å². The molecule has 5 heteroatoms. The second-order valence-corrected chi connectivity index (χ2v) is 7.94. The molecule has 0 fully saturated rings. The Hall–Kier alpha value is -2.82. The summed E-state index contributed by atoms with van der Waals surface area (Å²) < 4.78 is 5.74. The fourth-order valence-corrected chi connectivity index (χ4v) is 2.70. The van der Waals surface area contributed by atoms with E-state index in [0.717, 1.165) is 11.3 Å². The predicted molar refractivity (Wildman–Crippen MR) is 114 cm³/mol. The van der Waals surface area contributed by atoms with Crippen LogP contribution in [0.15, 0.2) is 48.5 Å². The fourth-order valence-electron chi connectivity index (χ4n) is 2.70. The Labute approximate surface area is 167 Å². The van der Waals surface area contributed by atoms with Gasteiger partial charge in [-0.05, 0) is 57.4 Å². The number of carbonyl (C=O) groups is 2. The fraction of sp³-hybridized carbons (Fsp3) is 0.391. The molecule has 0 spiro atoms. The topological polar surface area (TPSA) is 67.4 Å².